The van der Waals surface area contributed by atoms with Gasteiger partial charge in [-0.2, -0.15) is 0 Å². The second-order valence-corrected chi connectivity index (χ2v) is 9.42. The van der Waals surface area contributed by atoms with Gasteiger partial charge in [-0.3, -0.25) is 19.5 Å². The molecule has 4 atom stereocenters. The van der Waals surface area contributed by atoms with Crippen LogP contribution in [0.5, 0.6) is 5.75 Å². The van der Waals surface area contributed by atoms with E-state index in [0.29, 0.717) is 29.5 Å². The van der Waals surface area contributed by atoms with Crippen molar-refractivity contribution in [2.45, 2.75) is 44.2 Å². The summed E-state index contributed by atoms with van der Waals surface area (Å²) in [6, 6.07) is 9.37. The first-order valence-electron chi connectivity index (χ1n) is 11.5. The SMILES string of the molecule is COc1ccc([C@H]2CCC[C@H]3[C@@H]4C[C@@H](CN(C(=O)Cc5c[nH]c(=O)[nH]c5=O)C4)CN23)cc1. The zero-order valence-corrected chi connectivity index (χ0v) is 18.4. The molecular weight excluding hydrogens is 408 g/mol. The predicted octanol–water partition coefficient (Wildman–Crippen LogP) is 1.69. The Morgan fingerprint density at radius 1 is 1.12 bits per heavy atom. The van der Waals surface area contributed by atoms with Crippen LogP contribution in [0.2, 0.25) is 0 Å². The van der Waals surface area contributed by atoms with Crippen LogP contribution in [0.4, 0.5) is 0 Å². The number of nitrogens with one attached hydrogen (secondary N) is 2. The standard InChI is InChI=1S/C24H30N4O4/c1-32-19-7-5-16(6-8-19)20-3-2-4-21-18-9-15(13-28(20)21)12-27(14-18)22(29)10-17-11-25-24(31)26-23(17)30/h5-8,11,15,18,20-21H,2-4,9-10,12-14H2,1H3,(H2,25,26,30,31)/t15-,18+,20+,21-/m0/s1. The number of nitrogens with zero attached hydrogens (tertiary/aromatic N) is 2. The van der Waals surface area contributed by atoms with E-state index in [-0.39, 0.29) is 12.3 Å². The highest BCUT2D eigenvalue weighted by atomic mass is 16.5. The molecule has 2 aromatic rings. The summed E-state index contributed by atoms with van der Waals surface area (Å²) < 4.78 is 5.32. The van der Waals surface area contributed by atoms with Crippen LogP contribution >= 0.6 is 0 Å². The molecule has 3 saturated heterocycles. The van der Waals surface area contributed by atoms with Crippen LogP contribution in [-0.2, 0) is 11.2 Å². The molecule has 8 nitrogen and oxygen atoms in total. The number of amides is 1. The van der Waals surface area contributed by atoms with Gasteiger partial charge in [0, 0.05) is 43.5 Å². The average molecular weight is 439 g/mol. The van der Waals surface area contributed by atoms with Crippen molar-refractivity contribution in [3.63, 3.8) is 0 Å². The van der Waals surface area contributed by atoms with Gasteiger partial charge in [0.1, 0.15) is 5.75 Å². The number of piperidine rings is 3. The number of aromatic amines is 2. The first kappa shape index (κ1) is 21.0. The van der Waals surface area contributed by atoms with Gasteiger partial charge in [0.15, 0.2) is 0 Å². The lowest BCUT2D eigenvalue weighted by atomic mass is 9.74. The topological polar surface area (TPSA) is 98.5 Å². The number of carbonyl (C=O) groups excluding carboxylic acids is 1. The fourth-order valence-electron chi connectivity index (χ4n) is 6.04. The predicted molar refractivity (Wildman–Crippen MR) is 120 cm³/mol. The highest BCUT2D eigenvalue weighted by Gasteiger charge is 2.45. The fraction of sp³-hybridized carbons (Fsp3) is 0.542. The minimum atomic E-state index is -0.553. The minimum Gasteiger partial charge on any atom is -0.497 e. The summed E-state index contributed by atoms with van der Waals surface area (Å²) >= 11 is 0. The van der Waals surface area contributed by atoms with E-state index in [1.165, 1.54) is 37.4 Å². The van der Waals surface area contributed by atoms with E-state index in [1.807, 2.05) is 17.0 Å². The third kappa shape index (κ3) is 3.99. The molecule has 2 N–H and O–H groups in total. The van der Waals surface area contributed by atoms with Gasteiger partial charge in [0.25, 0.3) is 5.56 Å². The maximum atomic E-state index is 13.0. The highest BCUT2D eigenvalue weighted by molar-refractivity contribution is 5.78. The number of fused-ring (bicyclic) bond motifs is 4. The summed E-state index contributed by atoms with van der Waals surface area (Å²) in [5, 5.41) is 0. The lowest BCUT2D eigenvalue weighted by Crippen LogP contribution is -2.60. The molecule has 0 unspecified atom stereocenters. The molecule has 0 spiro atoms. The molecule has 5 rings (SSSR count). The van der Waals surface area contributed by atoms with E-state index in [0.717, 1.165) is 25.4 Å². The van der Waals surface area contributed by atoms with Crippen molar-refractivity contribution in [3.8, 4) is 5.75 Å². The largest absolute Gasteiger partial charge is 0.497 e. The number of benzene rings is 1. The van der Waals surface area contributed by atoms with Crippen LogP contribution in [0.1, 0.15) is 42.9 Å². The van der Waals surface area contributed by atoms with Crippen LogP contribution in [0.15, 0.2) is 40.1 Å². The Hall–Kier alpha value is -2.87. The third-order valence-electron chi connectivity index (χ3n) is 7.48. The average Bonchev–Trinajstić information content (AvgIpc) is 2.80. The molecule has 8 heteroatoms. The monoisotopic (exact) mass is 438 g/mol. The molecule has 1 amide bonds. The van der Waals surface area contributed by atoms with E-state index in [2.05, 4.69) is 27.0 Å². The molecule has 1 aromatic heterocycles. The van der Waals surface area contributed by atoms with Crippen LogP contribution in [0, 0.1) is 11.8 Å². The lowest BCUT2D eigenvalue weighted by molar-refractivity contribution is -0.138. The van der Waals surface area contributed by atoms with Crippen molar-refractivity contribution < 1.29 is 9.53 Å². The second-order valence-electron chi connectivity index (χ2n) is 9.42. The van der Waals surface area contributed by atoms with Gasteiger partial charge in [-0.05, 0) is 55.2 Å². The molecular formula is C24H30N4O4. The van der Waals surface area contributed by atoms with Crippen molar-refractivity contribution in [3.05, 3.63) is 62.4 Å². The van der Waals surface area contributed by atoms with E-state index in [1.54, 1.807) is 7.11 Å². The number of likely N-dealkylation sites (tertiary alicyclic amines) is 1. The highest BCUT2D eigenvalue weighted by Crippen LogP contribution is 2.44. The Kier molecular flexibility index (Phi) is 5.63. The maximum absolute atomic E-state index is 13.0. The molecule has 3 aliphatic rings. The van der Waals surface area contributed by atoms with Crippen LogP contribution in [0.25, 0.3) is 0 Å². The fourth-order valence-corrected chi connectivity index (χ4v) is 6.04. The molecule has 0 aliphatic carbocycles. The first-order chi connectivity index (χ1) is 15.5. The summed E-state index contributed by atoms with van der Waals surface area (Å²) in [5.41, 5.74) is 0.618. The molecule has 4 heterocycles. The molecule has 1 aromatic carbocycles. The van der Waals surface area contributed by atoms with Crippen molar-refractivity contribution in [2.24, 2.45) is 11.8 Å². The number of carbonyl (C=O) groups is 1. The van der Waals surface area contributed by atoms with Gasteiger partial charge in [0.05, 0.1) is 13.5 Å². The van der Waals surface area contributed by atoms with Gasteiger partial charge in [-0.15, -0.1) is 0 Å². The maximum Gasteiger partial charge on any atom is 0.325 e. The smallest absolute Gasteiger partial charge is 0.325 e. The first-order valence-corrected chi connectivity index (χ1v) is 11.5. The third-order valence-corrected chi connectivity index (χ3v) is 7.48. The summed E-state index contributed by atoms with van der Waals surface area (Å²) in [6.07, 6.45) is 6.07. The lowest BCUT2D eigenvalue weighted by Gasteiger charge is -2.55. The quantitative estimate of drug-likeness (QED) is 0.757. The Morgan fingerprint density at radius 2 is 1.94 bits per heavy atom. The van der Waals surface area contributed by atoms with Crippen molar-refractivity contribution in [1.29, 1.82) is 0 Å². The number of hydrogen-bond donors (Lipinski definition) is 2. The van der Waals surface area contributed by atoms with Gasteiger partial charge in [-0.25, -0.2) is 4.79 Å². The van der Waals surface area contributed by atoms with Crippen molar-refractivity contribution in [1.82, 2.24) is 19.8 Å². The van der Waals surface area contributed by atoms with Gasteiger partial charge >= 0.3 is 5.69 Å². The molecule has 32 heavy (non-hydrogen) atoms. The van der Waals surface area contributed by atoms with Crippen LogP contribution < -0.4 is 16.0 Å². The number of rotatable bonds is 4. The number of ether oxygens (including phenoxy) is 1. The summed E-state index contributed by atoms with van der Waals surface area (Å²) in [7, 11) is 1.69. The molecule has 3 fully saturated rings. The van der Waals surface area contributed by atoms with Gasteiger partial charge in [0.2, 0.25) is 5.91 Å². The second kappa shape index (κ2) is 8.58. The number of hydrogen-bond acceptors (Lipinski definition) is 5. The molecule has 0 radical (unpaired) electrons. The Bertz CT molecular complexity index is 1090. The van der Waals surface area contributed by atoms with Gasteiger partial charge < -0.3 is 14.6 Å². The van der Waals surface area contributed by atoms with Crippen LogP contribution in [-0.4, -0.2) is 58.5 Å². The summed E-state index contributed by atoms with van der Waals surface area (Å²) in [4.78, 5) is 45.5. The normalized spacial score (nSPS) is 27.6. The number of H-pyrrole nitrogens is 2. The van der Waals surface area contributed by atoms with E-state index in [4.69, 9.17) is 4.74 Å². The number of aromatic nitrogens is 2. The molecule has 170 valence electrons. The minimum absolute atomic E-state index is 0.0222. The molecule has 3 aliphatic heterocycles. The summed E-state index contributed by atoms with van der Waals surface area (Å²) in [6.45, 7) is 2.48. The van der Waals surface area contributed by atoms with E-state index in [9.17, 15) is 14.4 Å². The van der Waals surface area contributed by atoms with Crippen molar-refractivity contribution >= 4 is 5.91 Å². The zero-order chi connectivity index (χ0) is 22.2. The Morgan fingerprint density at radius 3 is 2.69 bits per heavy atom. The van der Waals surface area contributed by atoms with E-state index >= 15 is 0 Å². The van der Waals surface area contributed by atoms with Gasteiger partial charge in [-0.1, -0.05) is 12.1 Å². The molecule has 2 bridgehead atoms. The number of methoxy groups -OCH3 is 1. The van der Waals surface area contributed by atoms with Crippen LogP contribution in [0.3, 0.4) is 0 Å². The zero-order valence-electron chi connectivity index (χ0n) is 18.4. The van der Waals surface area contributed by atoms with Crippen molar-refractivity contribution in [2.75, 3.05) is 26.7 Å². The Balaban J connectivity index is 1.30. The summed E-state index contributed by atoms with van der Waals surface area (Å²) in [5.74, 6) is 1.75. The molecule has 0 saturated carbocycles. The van der Waals surface area contributed by atoms with E-state index < -0.39 is 11.2 Å². The Labute approximate surface area is 186 Å².